The average Bonchev–Trinajstić information content (AvgIpc) is 3.09. The zero-order chi connectivity index (χ0) is 14.8. The van der Waals surface area contributed by atoms with E-state index < -0.39 is 0 Å². The van der Waals surface area contributed by atoms with Crippen molar-refractivity contribution in [3.63, 3.8) is 0 Å². The quantitative estimate of drug-likeness (QED) is 0.875. The van der Waals surface area contributed by atoms with Gasteiger partial charge in [0.1, 0.15) is 11.3 Å². The van der Waals surface area contributed by atoms with E-state index in [4.69, 9.17) is 4.52 Å². The molecule has 0 aliphatic carbocycles. The lowest BCUT2D eigenvalue weighted by molar-refractivity contribution is 0.0671. The third-order valence-corrected chi connectivity index (χ3v) is 4.80. The van der Waals surface area contributed by atoms with Crippen molar-refractivity contribution in [2.75, 3.05) is 13.1 Å². The summed E-state index contributed by atoms with van der Waals surface area (Å²) in [6.45, 7) is 5.23. The minimum Gasteiger partial charge on any atom is -0.361 e. The zero-order valence-electron chi connectivity index (χ0n) is 12.3. The van der Waals surface area contributed by atoms with Crippen molar-refractivity contribution in [2.45, 2.75) is 33.1 Å². The molecule has 1 fully saturated rings. The molecule has 3 rings (SSSR count). The van der Waals surface area contributed by atoms with Crippen LogP contribution in [0.25, 0.3) is 0 Å². The predicted octanol–water partition coefficient (Wildman–Crippen LogP) is 2.84. The maximum absolute atomic E-state index is 12.7. The normalized spacial score (nSPS) is 19.0. The van der Waals surface area contributed by atoms with Gasteiger partial charge in [-0.05, 0) is 32.6 Å². The van der Waals surface area contributed by atoms with Crippen LogP contribution < -0.4 is 0 Å². The summed E-state index contributed by atoms with van der Waals surface area (Å²) in [5.41, 5.74) is 1.31. The molecule has 112 valence electrons. The molecule has 1 amide bonds. The fraction of sp³-hybridized carbons (Fsp3) is 0.533. The van der Waals surface area contributed by atoms with Crippen molar-refractivity contribution in [3.8, 4) is 0 Å². The molecule has 1 atom stereocenters. The number of rotatable bonds is 3. The molecule has 0 aromatic carbocycles. The molecule has 0 N–H and O–H groups in total. The van der Waals surface area contributed by atoms with E-state index in [-0.39, 0.29) is 5.91 Å². The van der Waals surface area contributed by atoms with Crippen LogP contribution >= 0.6 is 11.3 Å². The number of aryl methyl sites for hydroxylation is 2. The monoisotopic (exact) mass is 305 g/mol. The third kappa shape index (κ3) is 3.00. The highest BCUT2D eigenvalue weighted by Crippen LogP contribution is 2.24. The number of carbonyl (C=O) groups is 1. The highest BCUT2D eigenvalue weighted by atomic mass is 32.1. The van der Waals surface area contributed by atoms with Crippen LogP contribution in [0.2, 0.25) is 0 Å². The second-order valence-corrected chi connectivity index (χ2v) is 6.57. The molecule has 5 nitrogen and oxygen atoms in total. The fourth-order valence-corrected chi connectivity index (χ4v) is 3.70. The summed E-state index contributed by atoms with van der Waals surface area (Å²) >= 11 is 1.69. The molecule has 6 heteroatoms. The SMILES string of the molecule is Cc1noc(C)c1C(=O)N1CCC[C@H](Cc2nccs2)C1. The Hall–Kier alpha value is -1.69. The number of likely N-dealkylation sites (tertiary alicyclic amines) is 1. The first-order chi connectivity index (χ1) is 10.1. The summed E-state index contributed by atoms with van der Waals surface area (Å²) in [5.74, 6) is 1.16. The zero-order valence-corrected chi connectivity index (χ0v) is 13.2. The lowest BCUT2D eigenvalue weighted by atomic mass is 9.94. The van der Waals surface area contributed by atoms with Crippen molar-refractivity contribution in [3.05, 3.63) is 33.6 Å². The number of hydrogen-bond acceptors (Lipinski definition) is 5. The smallest absolute Gasteiger partial charge is 0.259 e. The van der Waals surface area contributed by atoms with Gasteiger partial charge in [-0.2, -0.15) is 0 Å². The summed E-state index contributed by atoms with van der Waals surface area (Å²) < 4.78 is 5.11. The molecule has 1 aliphatic rings. The summed E-state index contributed by atoms with van der Waals surface area (Å²) in [6.07, 6.45) is 5.01. The van der Waals surface area contributed by atoms with Crippen LogP contribution in [0.3, 0.4) is 0 Å². The lowest BCUT2D eigenvalue weighted by Gasteiger charge is -2.32. The molecule has 21 heavy (non-hydrogen) atoms. The predicted molar refractivity (Wildman–Crippen MR) is 80.4 cm³/mol. The van der Waals surface area contributed by atoms with Gasteiger partial charge in [-0.15, -0.1) is 11.3 Å². The van der Waals surface area contributed by atoms with Crippen molar-refractivity contribution in [2.24, 2.45) is 5.92 Å². The lowest BCUT2D eigenvalue weighted by Crippen LogP contribution is -2.40. The van der Waals surface area contributed by atoms with E-state index in [2.05, 4.69) is 10.1 Å². The topological polar surface area (TPSA) is 59.2 Å². The van der Waals surface area contributed by atoms with Gasteiger partial charge in [0, 0.05) is 31.1 Å². The number of piperidine rings is 1. The van der Waals surface area contributed by atoms with Crippen LogP contribution in [0.1, 0.15) is 39.7 Å². The number of thiazole rings is 1. The second kappa shape index (κ2) is 5.97. The first-order valence-electron chi connectivity index (χ1n) is 7.25. The molecular weight excluding hydrogens is 286 g/mol. The maximum Gasteiger partial charge on any atom is 0.259 e. The minimum absolute atomic E-state index is 0.0510. The minimum atomic E-state index is 0.0510. The van der Waals surface area contributed by atoms with E-state index in [0.717, 1.165) is 37.4 Å². The van der Waals surface area contributed by atoms with E-state index in [0.29, 0.717) is 22.9 Å². The van der Waals surface area contributed by atoms with Crippen LogP contribution in [-0.4, -0.2) is 34.0 Å². The van der Waals surface area contributed by atoms with Crippen LogP contribution in [0.5, 0.6) is 0 Å². The largest absolute Gasteiger partial charge is 0.361 e. The first-order valence-corrected chi connectivity index (χ1v) is 8.13. The molecular formula is C15H19N3O2S. The Bertz CT molecular complexity index is 601. The van der Waals surface area contributed by atoms with Crippen LogP contribution in [-0.2, 0) is 6.42 Å². The second-order valence-electron chi connectivity index (χ2n) is 5.59. The summed E-state index contributed by atoms with van der Waals surface area (Å²) in [4.78, 5) is 19.0. The summed E-state index contributed by atoms with van der Waals surface area (Å²) in [5, 5.41) is 7.04. The van der Waals surface area contributed by atoms with Gasteiger partial charge in [-0.3, -0.25) is 4.79 Å². The van der Waals surface area contributed by atoms with E-state index in [1.807, 2.05) is 23.4 Å². The van der Waals surface area contributed by atoms with E-state index >= 15 is 0 Å². The maximum atomic E-state index is 12.7. The Labute approximate surface area is 128 Å². The van der Waals surface area contributed by atoms with Gasteiger partial charge in [0.2, 0.25) is 0 Å². The number of aromatic nitrogens is 2. The Morgan fingerprint density at radius 1 is 1.52 bits per heavy atom. The Morgan fingerprint density at radius 2 is 2.38 bits per heavy atom. The molecule has 2 aromatic heterocycles. The van der Waals surface area contributed by atoms with Gasteiger partial charge in [0.25, 0.3) is 5.91 Å². The molecule has 0 saturated carbocycles. The standard InChI is InChI=1S/C15H19N3O2S/c1-10-14(11(2)20-17-10)15(19)18-6-3-4-12(9-18)8-13-16-5-7-21-13/h5,7,12H,3-4,6,8-9H2,1-2H3/t12-/m1/s1. The molecule has 1 aliphatic heterocycles. The third-order valence-electron chi connectivity index (χ3n) is 4.00. The van der Waals surface area contributed by atoms with Crippen molar-refractivity contribution < 1.29 is 9.32 Å². The fourth-order valence-electron chi connectivity index (χ4n) is 2.96. The summed E-state index contributed by atoms with van der Waals surface area (Å²) in [6, 6.07) is 0. The van der Waals surface area contributed by atoms with E-state index in [9.17, 15) is 4.79 Å². The van der Waals surface area contributed by atoms with Gasteiger partial charge >= 0.3 is 0 Å². The van der Waals surface area contributed by atoms with Gasteiger partial charge in [0.15, 0.2) is 0 Å². The first kappa shape index (κ1) is 14.3. The van der Waals surface area contributed by atoms with Gasteiger partial charge in [-0.25, -0.2) is 4.98 Å². The van der Waals surface area contributed by atoms with Crippen molar-refractivity contribution >= 4 is 17.2 Å². The van der Waals surface area contributed by atoms with Gasteiger partial charge in [-0.1, -0.05) is 5.16 Å². The van der Waals surface area contributed by atoms with Gasteiger partial charge in [0.05, 0.1) is 10.7 Å². The van der Waals surface area contributed by atoms with Crippen molar-refractivity contribution in [1.29, 1.82) is 0 Å². The van der Waals surface area contributed by atoms with Crippen LogP contribution in [0.15, 0.2) is 16.1 Å². The Balaban J connectivity index is 1.69. The number of hydrogen-bond donors (Lipinski definition) is 0. The molecule has 0 unspecified atom stereocenters. The van der Waals surface area contributed by atoms with E-state index in [1.165, 1.54) is 0 Å². The summed E-state index contributed by atoms with van der Waals surface area (Å²) in [7, 11) is 0. The molecule has 2 aromatic rings. The number of carbonyl (C=O) groups excluding carboxylic acids is 1. The number of nitrogens with zero attached hydrogens (tertiary/aromatic N) is 3. The van der Waals surface area contributed by atoms with Crippen LogP contribution in [0.4, 0.5) is 0 Å². The molecule has 0 spiro atoms. The molecule has 3 heterocycles. The highest BCUT2D eigenvalue weighted by molar-refractivity contribution is 7.09. The van der Waals surface area contributed by atoms with Crippen molar-refractivity contribution in [1.82, 2.24) is 15.0 Å². The molecule has 0 bridgehead atoms. The molecule has 0 radical (unpaired) electrons. The van der Waals surface area contributed by atoms with Crippen LogP contribution in [0, 0.1) is 19.8 Å². The van der Waals surface area contributed by atoms with E-state index in [1.54, 1.807) is 18.3 Å². The average molecular weight is 305 g/mol. The Morgan fingerprint density at radius 3 is 3.05 bits per heavy atom. The van der Waals surface area contributed by atoms with Gasteiger partial charge < -0.3 is 9.42 Å². The number of amides is 1. The highest BCUT2D eigenvalue weighted by Gasteiger charge is 2.28. The Kier molecular flexibility index (Phi) is 4.05. The molecule has 1 saturated heterocycles.